The molecule has 2 aliphatic heterocycles. The van der Waals surface area contributed by atoms with Crippen molar-refractivity contribution in [2.75, 3.05) is 153 Å². The van der Waals surface area contributed by atoms with Crippen LogP contribution >= 0.6 is 0 Å². The molecule has 2 fully saturated rings. The lowest BCUT2D eigenvalue weighted by atomic mass is 9.98. The van der Waals surface area contributed by atoms with Gasteiger partial charge in [-0.25, -0.2) is 14.5 Å². The van der Waals surface area contributed by atoms with E-state index in [4.69, 9.17) is 37.9 Å². The Balaban J connectivity index is 0.829. The molecule has 3 aromatic rings. The highest BCUT2D eigenvalue weighted by Gasteiger charge is 2.28. The van der Waals surface area contributed by atoms with Gasteiger partial charge in [0.05, 0.1) is 96.7 Å². The summed E-state index contributed by atoms with van der Waals surface area (Å²) in [5.41, 5.74) is 0.945. The lowest BCUT2D eigenvalue weighted by molar-refractivity contribution is -0.258. The summed E-state index contributed by atoms with van der Waals surface area (Å²) in [4.78, 5) is 84.3. The molecule has 25 heteroatoms. The number of rotatable bonds is 29. The topological polar surface area (TPSA) is 279 Å². The van der Waals surface area contributed by atoms with Crippen molar-refractivity contribution in [2.24, 2.45) is 0 Å². The Bertz CT molecular complexity index is 2330. The van der Waals surface area contributed by atoms with Crippen molar-refractivity contribution in [2.45, 2.75) is 58.5 Å². The quantitative estimate of drug-likeness (QED) is 0.0551. The molecule has 1 aromatic heterocycles. The second-order valence-corrected chi connectivity index (χ2v) is 18.9. The molecule has 422 valence electrons. The predicted molar refractivity (Wildman–Crippen MR) is 275 cm³/mol. The zero-order valence-electron chi connectivity index (χ0n) is 44.7. The first-order valence-corrected chi connectivity index (χ1v) is 25.7. The van der Waals surface area contributed by atoms with Crippen molar-refractivity contribution in [3.63, 3.8) is 0 Å². The average molecular weight is 1070 g/mol. The molecule has 25 nitrogen and oxygen atoms in total. The standard InChI is InChI=1S/C51H77N9O16/c1-7-58(21-20-57(6)35-48(67)76-51-74-46(65)33-55(4)18-19-56(5)34-47(66)75-51)32-44(63)52-15-23-70-25-27-72-29-28-71-26-24-69-22-14-45(64)59-16-12-39(13-17-59)73-38-10-8-37(9-11-38)60-49(53-54-50(60)68)41-30-40(36(2)3)42(61)31-43(41)62/h8-11,30-31,36,39,51,61-62H,7,12-29,32-35H2,1-6H3,(H,52,63)(H,54,68). The molecule has 0 aliphatic carbocycles. The third-order valence-electron chi connectivity index (χ3n) is 12.4. The number of aromatic hydroxyl groups is 2. The number of aromatic nitrogens is 3. The maximum absolute atomic E-state index is 12.8. The number of H-pyrrole nitrogens is 1. The monoisotopic (exact) mass is 1070 g/mol. The Morgan fingerprint density at radius 1 is 0.803 bits per heavy atom. The molecule has 4 N–H and O–H groups in total. The van der Waals surface area contributed by atoms with Gasteiger partial charge >= 0.3 is 30.1 Å². The number of nitrogens with one attached hydrogen (secondary N) is 2. The summed E-state index contributed by atoms with van der Waals surface area (Å²) in [6.45, 7) is 10.5. The number of phenols is 2. The van der Waals surface area contributed by atoms with Gasteiger partial charge in [-0.3, -0.25) is 43.6 Å². The molecule has 0 bridgehead atoms. The fraction of sp³-hybridized carbons (Fsp3) is 0.627. The van der Waals surface area contributed by atoms with Crippen LogP contribution < -0.4 is 15.7 Å². The third kappa shape index (κ3) is 20.7. The molecule has 0 unspecified atom stereocenters. The zero-order valence-corrected chi connectivity index (χ0v) is 44.7. The van der Waals surface area contributed by atoms with Crippen LogP contribution in [0.1, 0.15) is 51.5 Å². The van der Waals surface area contributed by atoms with Crippen LogP contribution in [0, 0.1) is 0 Å². The van der Waals surface area contributed by atoms with Crippen LogP contribution in [0.2, 0.25) is 0 Å². The Kier molecular flexibility index (Phi) is 25.4. The molecule has 0 atom stereocenters. The first-order valence-electron chi connectivity index (χ1n) is 25.7. The minimum atomic E-state index is -1.79. The van der Waals surface area contributed by atoms with Crippen LogP contribution in [0.25, 0.3) is 17.1 Å². The second-order valence-electron chi connectivity index (χ2n) is 18.9. The molecule has 3 heterocycles. The van der Waals surface area contributed by atoms with Crippen LogP contribution in [0.5, 0.6) is 17.2 Å². The SMILES string of the molecule is CCN(CCN(C)CC(=O)OC1OC(=O)CN(C)CCN(C)CC(=O)O1)CC(=O)NCCOCCOCCOCCOCCC(=O)N1CCC(Oc2ccc(-n3c(-c4cc(C(C)C)c(O)cc4O)n[nH]c3=O)cc2)CC1. The molecule has 2 amide bonds. The normalized spacial score (nSPS) is 15.7. The highest BCUT2D eigenvalue weighted by atomic mass is 16.9. The maximum Gasteiger partial charge on any atom is 0.412 e. The number of cyclic esters (lactones) is 2. The summed E-state index contributed by atoms with van der Waals surface area (Å²) >= 11 is 0. The number of hydrogen-bond donors (Lipinski definition) is 4. The average Bonchev–Trinajstić information content (AvgIpc) is 3.75. The van der Waals surface area contributed by atoms with Crippen LogP contribution in [-0.4, -0.2) is 244 Å². The van der Waals surface area contributed by atoms with Crippen LogP contribution in [0.4, 0.5) is 0 Å². The van der Waals surface area contributed by atoms with E-state index in [1.807, 2.05) is 30.6 Å². The van der Waals surface area contributed by atoms with Crippen molar-refractivity contribution in [3.05, 3.63) is 52.4 Å². The highest BCUT2D eigenvalue weighted by molar-refractivity contribution is 5.78. The number of esters is 3. The van der Waals surface area contributed by atoms with Gasteiger partial charge < -0.3 is 58.3 Å². The highest BCUT2D eigenvalue weighted by Crippen LogP contribution is 2.37. The van der Waals surface area contributed by atoms with Crippen molar-refractivity contribution in [1.82, 2.24) is 44.6 Å². The lowest BCUT2D eigenvalue weighted by Gasteiger charge is -2.32. The number of amides is 2. The van der Waals surface area contributed by atoms with Gasteiger partial charge in [-0.2, -0.15) is 5.10 Å². The van der Waals surface area contributed by atoms with Gasteiger partial charge in [-0.1, -0.05) is 20.8 Å². The summed E-state index contributed by atoms with van der Waals surface area (Å²) in [7, 11) is 5.17. The summed E-state index contributed by atoms with van der Waals surface area (Å²) in [6.07, 6.45) is 1.50. The van der Waals surface area contributed by atoms with E-state index in [-0.39, 0.29) is 80.4 Å². The van der Waals surface area contributed by atoms with Gasteiger partial charge in [0, 0.05) is 64.7 Å². The number of benzene rings is 2. The number of likely N-dealkylation sites (tertiary alicyclic amines) is 1. The molecule has 5 rings (SSSR count). The van der Waals surface area contributed by atoms with E-state index in [0.717, 1.165) is 0 Å². The summed E-state index contributed by atoms with van der Waals surface area (Å²) < 4.78 is 45.3. The Labute approximate surface area is 443 Å². The summed E-state index contributed by atoms with van der Waals surface area (Å²) in [6, 6.07) is 9.87. The summed E-state index contributed by atoms with van der Waals surface area (Å²) in [5.74, 6) is -1.75. The molecular weight excluding hydrogens is 995 g/mol. The molecule has 2 aliphatic rings. The van der Waals surface area contributed by atoms with E-state index in [2.05, 4.69) is 15.5 Å². The van der Waals surface area contributed by atoms with Gasteiger partial charge in [0.25, 0.3) is 0 Å². The fourth-order valence-corrected chi connectivity index (χ4v) is 8.05. The first kappa shape index (κ1) is 60.7. The van der Waals surface area contributed by atoms with Crippen molar-refractivity contribution in [3.8, 4) is 34.3 Å². The Hall–Kier alpha value is -6.19. The molecular formula is C51H77N9O16. The second kappa shape index (κ2) is 31.8. The maximum atomic E-state index is 12.8. The number of nitrogens with zero attached hydrogens (tertiary/aromatic N) is 7. The van der Waals surface area contributed by atoms with E-state index in [9.17, 15) is 39.0 Å². The number of aromatic amines is 1. The first-order chi connectivity index (χ1) is 36.5. The van der Waals surface area contributed by atoms with Crippen LogP contribution in [0.3, 0.4) is 0 Å². The van der Waals surface area contributed by atoms with Crippen LogP contribution in [0.15, 0.2) is 41.2 Å². The summed E-state index contributed by atoms with van der Waals surface area (Å²) in [5, 5.41) is 30.3. The van der Waals surface area contributed by atoms with Gasteiger partial charge in [0.15, 0.2) is 5.82 Å². The van der Waals surface area contributed by atoms with Crippen molar-refractivity contribution < 1.29 is 72.1 Å². The predicted octanol–water partition coefficient (Wildman–Crippen LogP) is 0.749. The van der Waals surface area contributed by atoms with E-state index in [1.54, 1.807) is 66.2 Å². The largest absolute Gasteiger partial charge is 0.508 e. The lowest BCUT2D eigenvalue weighted by Crippen LogP contribution is -2.42. The number of phenolic OH excluding ortho intramolecular Hbond substituents is 2. The van der Waals surface area contributed by atoms with Gasteiger partial charge in [0.2, 0.25) is 11.8 Å². The molecule has 0 saturated carbocycles. The molecule has 0 radical (unpaired) electrons. The smallest absolute Gasteiger partial charge is 0.412 e. The van der Waals surface area contributed by atoms with Gasteiger partial charge in [-0.05, 0) is 69.5 Å². The molecule has 2 saturated heterocycles. The van der Waals surface area contributed by atoms with Crippen molar-refractivity contribution in [1.29, 1.82) is 0 Å². The number of ether oxygens (including phenoxy) is 8. The fourth-order valence-electron chi connectivity index (χ4n) is 8.05. The van der Waals surface area contributed by atoms with E-state index in [0.29, 0.717) is 134 Å². The number of likely N-dealkylation sites (N-methyl/N-ethyl adjacent to an activating group) is 4. The number of piperidine rings is 1. The van der Waals surface area contributed by atoms with E-state index in [1.165, 1.54) is 10.6 Å². The third-order valence-corrected chi connectivity index (χ3v) is 12.4. The van der Waals surface area contributed by atoms with E-state index < -0.39 is 30.1 Å². The number of carbonyl (C=O) groups excluding carboxylic acids is 5. The zero-order chi connectivity index (χ0) is 55.0. The van der Waals surface area contributed by atoms with Gasteiger partial charge in [-0.15, -0.1) is 0 Å². The Morgan fingerprint density at radius 3 is 1.99 bits per heavy atom. The molecule has 2 aromatic carbocycles. The minimum absolute atomic E-state index is 0.0151. The minimum Gasteiger partial charge on any atom is -0.508 e. The van der Waals surface area contributed by atoms with E-state index >= 15 is 0 Å². The number of carbonyl (C=O) groups is 5. The number of hydrogen-bond acceptors (Lipinski definition) is 21. The molecule has 0 spiro atoms. The van der Waals surface area contributed by atoms with Crippen LogP contribution in [-0.2, 0) is 57.1 Å². The Morgan fingerprint density at radius 2 is 1.39 bits per heavy atom. The van der Waals surface area contributed by atoms with Crippen molar-refractivity contribution >= 4 is 29.7 Å². The van der Waals surface area contributed by atoms with Gasteiger partial charge in [0.1, 0.15) is 23.4 Å². The molecule has 76 heavy (non-hydrogen) atoms.